The van der Waals surface area contributed by atoms with E-state index in [0.717, 1.165) is 22.3 Å². The summed E-state index contributed by atoms with van der Waals surface area (Å²) in [6, 6.07) is 15.8. The molecule has 1 aliphatic heterocycles. The van der Waals surface area contributed by atoms with E-state index in [9.17, 15) is 14.4 Å². The first-order valence-corrected chi connectivity index (χ1v) is 10.9. The number of nitrogens with one attached hydrogen (secondary N) is 1. The van der Waals surface area contributed by atoms with Crippen molar-refractivity contribution in [3.63, 3.8) is 0 Å². The van der Waals surface area contributed by atoms with Gasteiger partial charge in [0, 0.05) is 5.56 Å². The molecule has 1 heterocycles. The number of para-hydroxylation sites is 2. The van der Waals surface area contributed by atoms with Gasteiger partial charge in [0.1, 0.15) is 17.0 Å². The Morgan fingerprint density at radius 2 is 1.47 bits per heavy atom. The van der Waals surface area contributed by atoms with E-state index in [0.29, 0.717) is 28.3 Å². The highest BCUT2D eigenvalue weighted by Gasteiger charge is 2.35. The number of hydrogen-bond donors (Lipinski definition) is 1. The van der Waals surface area contributed by atoms with Gasteiger partial charge in [-0.25, -0.2) is 9.59 Å². The second kappa shape index (κ2) is 8.98. The SMILES string of the molecule is Cc1ccc(C(=O)C(C(=O)Oc2c(C)cc(C)cc2C)=C2Nc3ccccc3OC2=O)c(C)c1. The van der Waals surface area contributed by atoms with Gasteiger partial charge in [-0.05, 0) is 63.4 Å². The first kappa shape index (κ1) is 23.0. The Bertz CT molecular complexity index is 1360. The Balaban J connectivity index is 1.85. The van der Waals surface area contributed by atoms with E-state index in [1.54, 1.807) is 43.3 Å². The van der Waals surface area contributed by atoms with Crippen molar-refractivity contribution < 1.29 is 23.9 Å². The molecule has 4 rings (SSSR count). The van der Waals surface area contributed by atoms with Crippen molar-refractivity contribution >= 4 is 23.4 Å². The van der Waals surface area contributed by atoms with Gasteiger partial charge in [0.05, 0.1) is 5.69 Å². The van der Waals surface area contributed by atoms with E-state index in [1.807, 2.05) is 45.9 Å². The van der Waals surface area contributed by atoms with E-state index in [4.69, 9.17) is 9.47 Å². The van der Waals surface area contributed by atoms with Gasteiger partial charge in [-0.15, -0.1) is 0 Å². The Hall–Kier alpha value is -4.19. The third-order valence-electron chi connectivity index (χ3n) is 5.66. The molecular formula is C28H25NO5. The van der Waals surface area contributed by atoms with Crippen LogP contribution in [0.1, 0.15) is 38.2 Å². The normalized spacial score (nSPS) is 14.0. The highest BCUT2D eigenvalue weighted by Crippen LogP contribution is 2.33. The van der Waals surface area contributed by atoms with Gasteiger partial charge in [-0.1, -0.05) is 53.6 Å². The molecule has 34 heavy (non-hydrogen) atoms. The van der Waals surface area contributed by atoms with E-state index in [2.05, 4.69) is 5.32 Å². The number of esters is 2. The van der Waals surface area contributed by atoms with Gasteiger partial charge in [0.2, 0.25) is 5.78 Å². The average molecular weight is 456 g/mol. The van der Waals surface area contributed by atoms with Crippen LogP contribution in [-0.4, -0.2) is 17.7 Å². The fraction of sp³-hybridized carbons (Fsp3) is 0.179. The number of benzene rings is 3. The van der Waals surface area contributed by atoms with Crippen LogP contribution >= 0.6 is 0 Å². The zero-order chi connectivity index (χ0) is 24.6. The number of rotatable bonds is 4. The van der Waals surface area contributed by atoms with Crippen LogP contribution < -0.4 is 14.8 Å². The van der Waals surface area contributed by atoms with Crippen LogP contribution in [0.2, 0.25) is 0 Å². The number of Topliss-reactive ketones (excluding diaryl/α,β-unsaturated/α-hetero) is 1. The van der Waals surface area contributed by atoms with Gasteiger partial charge in [0.15, 0.2) is 5.75 Å². The second-order valence-corrected chi connectivity index (χ2v) is 8.53. The summed E-state index contributed by atoms with van der Waals surface area (Å²) in [4.78, 5) is 40.1. The zero-order valence-electron chi connectivity index (χ0n) is 19.7. The predicted octanol–water partition coefficient (Wildman–Crippen LogP) is 5.30. The minimum Gasteiger partial charge on any atom is -0.422 e. The lowest BCUT2D eigenvalue weighted by Crippen LogP contribution is -2.31. The number of carbonyl (C=O) groups is 3. The molecule has 3 aromatic rings. The first-order valence-electron chi connectivity index (χ1n) is 10.9. The summed E-state index contributed by atoms with van der Waals surface area (Å²) in [6.07, 6.45) is 0. The highest BCUT2D eigenvalue weighted by atomic mass is 16.5. The van der Waals surface area contributed by atoms with Crippen molar-refractivity contribution in [1.29, 1.82) is 0 Å². The minimum atomic E-state index is -0.932. The maximum atomic E-state index is 13.7. The standard InChI is InChI=1S/C28H25NO5/c1-15-10-11-20(17(3)12-15)25(30)23(24-28(32)33-22-9-7-6-8-21(22)29-24)27(31)34-26-18(4)13-16(2)14-19(26)5/h6-14,29H,1-5H3. The topological polar surface area (TPSA) is 81.7 Å². The van der Waals surface area contributed by atoms with Crippen LogP contribution in [0.5, 0.6) is 11.5 Å². The molecule has 6 nitrogen and oxygen atoms in total. The Labute approximate surface area is 198 Å². The van der Waals surface area contributed by atoms with E-state index < -0.39 is 23.3 Å². The molecule has 0 amide bonds. The number of ether oxygens (including phenoxy) is 2. The van der Waals surface area contributed by atoms with Crippen LogP contribution in [0.25, 0.3) is 0 Å². The summed E-state index contributed by atoms with van der Waals surface area (Å²) in [5.41, 5.74) is 4.28. The zero-order valence-corrected chi connectivity index (χ0v) is 19.7. The molecule has 0 saturated carbocycles. The van der Waals surface area contributed by atoms with Crippen molar-refractivity contribution in [3.05, 3.63) is 99.2 Å². The molecule has 0 atom stereocenters. The largest absolute Gasteiger partial charge is 0.422 e. The monoisotopic (exact) mass is 455 g/mol. The summed E-state index contributed by atoms with van der Waals surface area (Å²) in [5, 5.41) is 2.92. The molecule has 0 unspecified atom stereocenters. The van der Waals surface area contributed by atoms with Crippen LogP contribution in [-0.2, 0) is 9.59 Å². The fourth-order valence-electron chi connectivity index (χ4n) is 4.14. The van der Waals surface area contributed by atoms with Crippen molar-refractivity contribution in [2.75, 3.05) is 5.32 Å². The molecule has 0 aromatic heterocycles. The van der Waals surface area contributed by atoms with Crippen LogP contribution in [0, 0.1) is 34.6 Å². The fourth-order valence-corrected chi connectivity index (χ4v) is 4.14. The number of ketones is 1. The summed E-state index contributed by atoms with van der Waals surface area (Å²) in [7, 11) is 0. The summed E-state index contributed by atoms with van der Waals surface area (Å²) >= 11 is 0. The first-order chi connectivity index (χ1) is 16.2. The summed E-state index contributed by atoms with van der Waals surface area (Å²) in [5.74, 6) is -1.72. The quantitative estimate of drug-likeness (QED) is 0.144. The summed E-state index contributed by atoms with van der Waals surface area (Å²) < 4.78 is 11.1. The maximum Gasteiger partial charge on any atom is 0.361 e. The molecule has 0 bridgehead atoms. The summed E-state index contributed by atoms with van der Waals surface area (Å²) in [6.45, 7) is 9.29. The molecular weight excluding hydrogens is 430 g/mol. The predicted molar refractivity (Wildman–Crippen MR) is 129 cm³/mol. The Morgan fingerprint density at radius 3 is 2.15 bits per heavy atom. The molecule has 0 saturated heterocycles. The molecule has 3 aromatic carbocycles. The second-order valence-electron chi connectivity index (χ2n) is 8.53. The van der Waals surface area contributed by atoms with Gasteiger partial charge in [-0.2, -0.15) is 0 Å². The van der Waals surface area contributed by atoms with Crippen LogP contribution in [0.3, 0.4) is 0 Å². The smallest absolute Gasteiger partial charge is 0.361 e. The lowest BCUT2D eigenvalue weighted by atomic mass is 9.95. The minimum absolute atomic E-state index is 0.254. The highest BCUT2D eigenvalue weighted by molar-refractivity contribution is 6.29. The molecule has 172 valence electrons. The lowest BCUT2D eigenvalue weighted by Gasteiger charge is -2.22. The molecule has 1 N–H and O–H groups in total. The molecule has 0 aliphatic carbocycles. The Morgan fingerprint density at radius 1 is 0.824 bits per heavy atom. The molecule has 6 heteroatoms. The molecule has 0 fully saturated rings. The number of hydrogen-bond acceptors (Lipinski definition) is 6. The third kappa shape index (κ3) is 4.35. The molecule has 0 radical (unpaired) electrons. The van der Waals surface area contributed by atoms with Crippen molar-refractivity contribution in [2.24, 2.45) is 0 Å². The van der Waals surface area contributed by atoms with Gasteiger partial charge >= 0.3 is 11.9 Å². The van der Waals surface area contributed by atoms with Gasteiger partial charge in [0.25, 0.3) is 0 Å². The molecule has 1 aliphatic rings. The number of fused-ring (bicyclic) bond motifs is 1. The van der Waals surface area contributed by atoms with Crippen LogP contribution in [0.4, 0.5) is 5.69 Å². The maximum absolute atomic E-state index is 13.7. The van der Waals surface area contributed by atoms with E-state index >= 15 is 0 Å². The van der Waals surface area contributed by atoms with E-state index in [1.165, 1.54) is 0 Å². The van der Waals surface area contributed by atoms with Gasteiger partial charge < -0.3 is 14.8 Å². The van der Waals surface area contributed by atoms with Crippen LogP contribution in [0.15, 0.2) is 65.9 Å². The van der Waals surface area contributed by atoms with Crippen molar-refractivity contribution in [3.8, 4) is 11.5 Å². The van der Waals surface area contributed by atoms with Crippen molar-refractivity contribution in [1.82, 2.24) is 0 Å². The Kier molecular flexibility index (Phi) is 6.07. The molecule has 0 spiro atoms. The number of carbonyl (C=O) groups excluding carboxylic acids is 3. The van der Waals surface area contributed by atoms with Gasteiger partial charge in [-0.3, -0.25) is 4.79 Å². The number of anilines is 1. The van der Waals surface area contributed by atoms with Crippen molar-refractivity contribution in [2.45, 2.75) is 34.6 Å². The van der Waals surface area contributed by atoms with E-state index in [-0.39, 0.29) is 5.70 Å². The lowest BCUT2D eigenvalue weighted by molar-refractivity contribution is -0.133. The average Bonchev–Trinajstić information content (AvgIpc) is 2.76. The number of aryl methyl sites for hydroxylation is 5. The third-order valence-corrected chi connectivity index (χ3v) is 5.66.